The SMILES string of the molecule is N#Cc1ccc(F)c(COC(=O)c2ccn(-c3ccccc3F)n2)c1. The molecule has 0 aliphatic rings. The zero-order valence-corrected chi connectivity index (χ0v) is 12.8. The number of esters is 1. The topological polar surface area (TPSA) is 67.9 Å². The highest BCUT2D eigenvalue weighted by Gasteiger charge is 2.14. The Bertz CT molecular complexity index is 976. The van der Waals surface area contributed by atoms with Gasteiger partial charge in [0.05, 0.1) is 11.6 Å². The summed E-state index contributed by atoms with van der Waals surface area (Å²) in [6.07, 6.45) is 1.42. The van der Waals surface area contributed by atoms with Gasteiger partial charge < -0.3 is 4.74 Å². The molecule has 0 bridgehead atoms. The van der Waals surface area contributed by atoms with Crippen molar-refractivity contribution in [2.75, 3.05) is 0 Å². The van der Waals surface area contributed by atoms with Gasteiger partial charge in [-0.25, -0.2) is 18.3 Å². The van der Waals surface area contributed by atoms with Gasteiger partial charge in [-0.3, -0.25) is 0 Å². The maximum Gasteiger partial charge on any atom is 0.359 e. The number of carbonyl (C=O) groups excluding carboxylic acids is 1. The lowest BCUT2D eigenvalue weighted by atomic mass is 10.1. The van der Waals surface area contributed by atoms with Gasteiger partial charge in [-0.15, -0.1) is 0 Å². The highest BCUT2D eigenvalue weighted by molar-refractivity contribution is 5.87. The first-order valence-corrected chi connectivity index (χ1v) is 7.24. The summed E-state index contributed by atoms with van der Waals surface area (Å²) in [6, 6.07) is 13.0. The summed E-state index contributed by atoms with van der Waals surface area (Å²) in [5, 5.41) is 12.8. The number of rotatable bonds is 4. The molecule has 0 spiro atoms. The van der Waals surface area contributed by atoms with E-state index in [4.69, 9.17) is 10.00 Å². The van der Waals surface area contributed by atoms with Crippen molar-refractivity contribution in [3.8, 4) is 11.8 Å². The van der Waals surface area contributed by atoms with Gasteiger partial charge in [0.25, 0.3) is 0 Å². The molecule has 124 valence electrons. The van der Waals surface area contributed by atoms with Gasteiger partial charge in [0.2, 0.25) is 0 Å². The maximum absolute atomic E-state index is 13.7. The molecule has 0 aliphatic carbocycles. The van der Waals surface area contributed by atoms with Crippen molar-refractivity contribution in [3.05, 3.63) is 83.2 Å². The van der Waals surface area contributed by atoms with E-state index in [1.807, 2.05) is 6.07 Å². The highest BCUT2D eigenvalue weighted by atomic mass is 19.1. The fourth-order valence-corrected chi connectivity index (χ4v) is 2.18. The molecular formula is C18H11F2N3O2. The molecule has 3 rings (SSSR count). The molecule has 0 atom stereocenters. The zero-order chi connectivity index (χ0) is 17.8. The fourth-order valence-electron chi connectivity index (χ4n) is 2.18. The summed E-state index contributed by atoms with van der Waals surface area (Å²) in [5.74, 6) is -1.85. The van der Waals surface area contributed by atoms with Crippen molar-refractivity contribution in [3.63, 3.8) is 0 Å². The van der Waals surface area contributed by atoms with Crippen LogP contribution in [0.5, 0.6) is 0 Å². The summed E-state index contributed by atoms with van der Waals surface area (Å²) in [7, 11) is 0. The summed E-state index contributed by atoms with van der Waals surface area (Å²) in [6.45, 7) is -0.341. The average molecular weight is 339 g/mol. The first-order chi connectivity index (χ1) is 12.1. The Hall–Kier alpha value is -3.53. The second kappa shape index (κ2) is 6.93. The predicted molar refractivity (Wildman–Crippen MR) is 83.8 cm³/mol. The molecule has 0 radical (unpaired) electrons. The molecule has 0 aliphatic heterocycles. The Labute approximate surface area is 141 Å². The second-order valence-electron chi connectivity index (χ2n) is 5.09. The van der Waals surface area contributed by atoms with E-state index in [1.54, 1.807) is 12.1 Å². The molecule has 7 heteroatoms. The molecule has 1 heterocycles. The Balaban J connectivity index is 1.73. The minimum absolute atomic E-state index is 0.0416. The van der Waals surface area contributed by atoms with Crippen LogP contribution in [0.3, 0.4) is 0 Å². The zero-order valence-electron chi connectivity index (χ0n) is 12.8. The molecule has 25 heavy (non-hydrogen) atoms. The van der Waals surface area contributed by atoms with Crippen LogP contribution in [0.2, 0.25) is 0 Å². The van der Waals surface area contributed by atoms with Crippen molar-refractivity contribution >= 4 is 5.97 Å². The normalized spacial score (nSPS) is 10.3. The minimum Gasteiger partial charge on any atom is -0.456 e. The van der Waals surface area contributed by atoms with Crippen molar-refractivity contribution in [2.45, 2.75) is 6.61 Å². The number of hydrogen-bond acceptors (Lipinski definition) is 4. The lowest BCUT2D eigenvalue weighted by Crippen LogP contribution is -2.08. The van der Waals surface area contributed by atoms with Crippen molar-refractivity contribution < 1.29 is 18.3 Å². The van der Waals surface area contributed by atoms with Gasteiger partial charge in [0, 0.05) is 11.8 Å². The van der Waals surface area contributed by atoms with Crippen LogP contribution in [-0.2, 0) is 11.3 Å². The van der Waals surface area contributed by atoms with Crippen molar-refractivity contribution in [1.82, 2.24) is 9.78 Å². The van der Waals surface area contributed by atoms with Crippen LogP contribution in [0.4, 0.5) is 8.78 Å². The third kappa shape index (κ3) is 3.53. The van der Waals surface area contributed by atoms with Crippen LogP contribution in [0.25, 0.3) is 5.69 Å². The third-order valence-corrected chi connectivity index (χ3v) is 3.43. The number of hydrogen-bond donors (Lipinski definition) is 0. The monoisotopic (exact) mass is 339 g/mol. The number of para-hydroxylation sites is 1. The van der Waals surface area contributed by atoms with E-state index in [0.29, 0.717) is 0 Å². The van der Waals surface area contributed by atoms with Crippen LogP contribution in [0.1, 0.15) is 21.6 Å². The van der Waals surface area contributed by atoms with Gasteiger partial charge in [-0.05, 0) is 36.4 Å². The maximum atomic E-state index is 13.7. The summed E-state index contributed by atoms with van der Waals surface area (Å²) in [4.78, 5) is 12.0. The number of ether oxygens (including phenoxy) is 1. The van der Waals surface area contributed by atoms with E-state index in [9.17, 15) is 13.6 Å². The van der Waals surface area contributed by atoms with E-state index >= 15 is 0 Å². The number of carbonyl (C=O) groups is 1. The minimum atomic E-state index is -0.781. The van der Waals surface area contributed by atoms with Gasteiger partial charge >= 0.3 is 5.97 Å². The van der Waals surface area contributed by atoms with Crippen LogP contribution in [0, 0.1) is 23.0 Å². The number of aromatic nitrogens is 2. The lowest BCUT2D eigenvalue weighted by molar-refractivity contribution is 0.0461. The molecule has 0 unspecified atom stereocenters. The van der Waals surface area contributed by atoms with E-state index in [0.717, 1.165) is 6.07 Å². The van der Waals surface area contributed by atoms with Crippen LogP contribution in [0.15, 0.2) is 54.7 Å². The van der Waals surface area contributed by atoms with Gasteiger partial charge in [0.1, 0.15) is 23.9 Å². The third-order valence-electron chi connectivity index (χ3n) is 3.43. The summed E-state index contributed by atoms with van der Waals surface area (Å²) < 4.78 is 33.6. The van der Waals surface area contributed by atoms with Crippen molar-refractivity contribution in [2.24, 2.45) is 0 Å². The molecule has 5 nitrogen and oxygen atoms in total. The quantitative estimate of drug-likeness (QED) is 0.684. The molecular weight excluding hydrogens is 328 g/mol. The molecule has 0 amide bonds. The smallest absolute Gasteiger partial charge is 0.359 e. The van der Waals surface area contributed by atoms with Gasteiger partial charge in [0.15, 0.2) is 5.69 Å². The van der Waals surface area contributed by atoms with E-state index < -0.39 is 17.6 Å². The highest BCUT2D eigenvalue weighted by Crippen LogP contribution is 2.14. The molecule has 2 aromatic carbocycles. The van der Waals surface area contributed by atoms with Crippen LogP contribution in [-0.4, -0.2) is 15.7 Å². The number of nitriles is 1. The standard InChI is InChI=1S/C18H11F2N3O2/c19-14-6-5-12(10-21)9-13(14)11-25-18(24)16-7-8-23(22-16)17-4-2-1-3-15(17)20/h1-9H,11H2. The first-order valence-electron chi connectivity index (χ1n) is 7.24. The van der Waals surface area contributed by atoms with Crippen LogP contribution >= 0.6 is 0 Å². The molecule has 0 saturated heterocycles. The van der Waals surface area contributed by atoms with Gasteiger partial charge in [-0.2, -0.15) is 10.4 Å². The van der Waals surface area contributed by atoms with Crippen LogP contribution < -0.4 is 0 Å². The Morgan fingerprint density at radius 1 is 1.16 bits per heavy atom. The number of halogens is 2. The lowest BCUT2D eigenvalue weighted by Gasteiger charge is -2.05. The Morgan fingerprint density at radius 2 is 1.96 bits per heavy atom. The predicted octanol–water partition coefficient (Wildman–Crippen LogP) is 3.38. The average Bonchev–Trinajstić information content (AvgIpc) is 3.11. The molecule has 0 fully saturated rings. The van der Waals surface area contributed by atoms with E-state index in [2.05, 4.69) is 5.10 Å². The second-order valence-corrected chi connectivity index (χ2v) is 5.09. The van der Waals surface area contributed by atoms with Crippen molar-refractivity contribution in [1.29, 1.82) is 5.26 Å². The molecule has 1 aromatic heterocycles. The molecule has 3 aromatic rings. The Kier molecular flexibility index (Phi) is 4.53. The number of benzene rings is 2. The Morgan fingerprint density at radius 3 is 2.72 bits per heavy atom. The largest absolute Gasteiger partial charge is 0.456 e. The summed E-state index contributed by atoms with van der Waals surface area (Å²) in [5.41, 5.74) is 0.492. The van der Waals surface area contributed by atoms with E-state index in [-0.39, 0.29) is 29.1 Å². The van der Waals surface area contributed by atoms with Gasteiger partial charge in [-0.1, -0.05) is 12.1 Å². The molecule has 0 saturated carbocycles. The van der Waals surface area contributed by atoms with E-state index in [1.165, 1.54) is 41.2 Å². The summed E-state index contributed by atoms with van der Waals surface area (Å²) >= 11 is 0. The first kappa shape index (κ1) is 16.3. The number of nitrogens with zero attached hydrogens (tertiary/aromatic N) is 3. The fraction of sp³-hybridized carbons (Fsp3) is 0.0556. The molecule has 0 N–H and O–H groups in total.